The lowest BCUT2D eigenvalue weighted by molar-refractivity contribution is -0.157. The van der Waals surface area contributed by atoms with Gasteiger partial charge in [0, 0.05) is 35.4 Å². The van der Waals surface area contributed by atoms with Gasteiger partial charge in [-0.3, -0.25) is 9.59 Å². The molecule has 8 nitrogen and oxygen atoms in total. The van der Waals surface area contributed by atoms with Crippen LogP contribution in [0.1, 0.15) is 52.1 Å². The van der Waals surface area contributed by atoms with Gasteiger partial charge < -0.3 is 20.4 Å². The summed E-state index contributed by atoms with van der Waals surface area (Å²) in [5, 5.41) is 29.1. The molecule has 1 aliphatic heterocycles. The number of aliphatic hydroxyl groups excluding tert-OH is 2. The van der Waals surface area contributed by atoms with Crippen molar-refractivity contribution in [3.05, 3.63) is 71.5 Å². The zero-order chi connectivity index (χ0) is 27.0. The lowest BCUT2D eigenvalue weighted by atomic mass is 9.74. The van der Waals surface area contributed by atoms with Gasteiger partial charge in [-0.25, -0.2) is 4.68 Å². The van der Waals surface area contributed by atoms with Crippen molar-refractivity contribution in [3.8, 4) is 5.69 Å². The number of nitrogens with one attached hydrogen (secondary N) is 1. The Morgan fingerprint density at radius 1 is 1.16 bits per heavy atom. The second-order valence-corrected chi connectivity index (χ2v) is 11.6. The van der Waals surface area contributed by atoms with Crippen LogP contribution in [0.25, 0.3) is 5.69 Å². The van der Waals surface area contributed by atoms with E-state index in [9.17, 15) is 19.8 Å². The second kappa shape index (κ2) is 10.4. The van der Waals surface area contributed by atoms with Crippen LogP contribution in [0, 0.1) is 11.3 Å². The Morgan fingerprint density at radius 3 is 2.49 bits per heavy atom. The Labute approximate surface area is 222 Å². The lowest BCUT2D eigenvalue weighted by Gasteiger charge is -2.42. The van der Waals surface area contributed by atoms with Crippen LogP contribution >= 0.6 is 11.6 Å². The number of benzene rings is 1. The molecule has 0 radical (unpaired) electrons. The molecule has 1 unspecified atom stereocenters. The number of aliphatic hydroxyl groups is 2. The van der Waals surface area contributed by atoms with E-state index in [0.717, 1.165) is 11.3 Å². The van der Waals surface area contributed by atoms with E-state index in [1.54, 1.807) is 22.7 Å². The number of allylic oxidation sites excluding steroid dienone is 3. The molecule has 37 heavy (non-hydrogen) atoms. The summed E-state index contributed by atoms with van der Waals surface area (Å²) in [7, 11) is 0. The summed E-state index contributed by atoms with van der Waals surface area (Å²) < 4.78 is 1.72. The molecule has 2 amide bonds. The van der Waals surface area contributed by atoms with Crippen molar-refractivity contribution in [2.75, 3.05) is 6.54 Å². The molecule has 0 saturated carbocycles. The van der Waals surface area contributed by atoms with Crippen LogP contribution in [-0.2, 0) is 9.59 Å². The van der Waals surface area contributed by atoms with Gasteiger partial charge in [-0.1, -0.05) is 49.7 Å². The number of hydrogen-bond donors (Lipinski definition) is 3. The van der Waals surface area contributed by atoms with Gasteiger partial charge in [0.15, 0.2) is 12.2 Å². The van der Waals surface area contributed by atoms with E-state index in [-0.39, 0.29) is 11.3 Å². The first kappa shape index (κ1) is 27.1. The SMILES string of the molecule is C[C@@H](NC(=O)[C@H](O)[C@@H](O)C(=O)N1CC(C)(C)C[C@@]1(C)C1C=CC=C(Cl)C1)c1ccc(-n2cccn2)cc1. The minimum absolute atomic E-state index is 0.0429. The number of hydrogen-bond acceptors (Lipinski definition) is 5. The van der Waals surface area contributed by atoms with Crippen LogP contribution in [0.15, 0.2) is 66.0 Å². The van der Waals surface area contributed by atoms with E-state index in [1.807, 2.05) is 61.7 Å². The van der Waals surface area contributed by atoms with Crippen molar-refractivity contribution < 1.29 is 19.8 Å². The Kier molecular flexibility index (Phi) is 7.65. The first-order valence-corrected chi connectivity index (χ1v) is 12.9. The summed E-state index contributed by atoms with van der Waals surface area (Å²) in [5.41, 5.74) is 0.858. The first-order chi connectivity index (χ1) is 17.4. The highest BCUT2D eigenvalue weighted by atomic mass is 35.5. The van der Waals surface area contributed by atoms with E-state index in [1.165, 1.54) is 0 Å². The molecule has 5 atom stereocenters. The molecule has 9 heteroatoms. The predicted octanol–water partition coefficient (Wildman–Crippen LogP) is 3.49. The molecule has 3 N–H and O–H groups in total. The third-order valence-corrected chi connectivity index (χ3v) is 7.76. The smallest absolute Gasteiger partial charge is 0.255 e. The number of halogens is 1. The summed E-state index contributed by atoms with van der Waals surface area (Å²) in [4.78, 5) is 27.9. The van der Waals surface area contributed by atoms with Crippen LogP contribution in [0.3, 0.4) is 0 Å². The molecule has 2 aliphatic rings. The number of rotatable bonds is 7. The van der Waals surface area contributed by atoms with Crippen LogP contribution in [0.5, 0.6) is 0 Å². The largest absolute Gasteiger partial charge is 0.380 e. The fourth-order valence-electron chi connectivity index (χ4n) is 5.61. The summed E-state index contributed by atoms with van der Waals surface area (Å²) in [6, 6.07) is 8.83. The van der Waals surface area contributed by atoms with Crippen molar-refractivity contribution >= 4 is 23.4 Å². The van der Waals surface area contributed by atoms with E-state index in [2.05, 4.69) is 24.3 Å². The van der Waals surface area contributed by atoms with E-state index in [4.69, 9.17) is 11.6 Å². The maximum Gasteiger partial charge on any atom is 0.255 e. The predicted molar refractivity (Wildman–Crippen MR) is 142 cm³/mol. The Bertz CT molecular complexity index is 1190. The minimum Gasteiger partial charge on any atom is -0.380 e. The molecule has 2 heterocycles. The average Bonchev–Trinajstić information content (AvgIpc) is 3.49. The Balaban J connectivity index is 1.43. The molecule has 198 valence electrons. The van der Waals surface area contributed by atoms with Gasteiger partial charge in [0.25, 0.3) is 11.8 Å². The van der Waals surface area contributed by atoms with Crippen LogP contribution in [-0.4, -0.2) is 61.0 Å². The van der Waals surface area contributed by atoms with Gasteiger partial charge in [0.05, 0.1) is 11.7 Å². The molecule has 2 aromatic rings. The molecule has 0 spiro atoms. The topological polar surface area (TPSA) is 108 Å². The van der Waals surface area contributed by atoms with Gasteiger partial charge >= 0.3 is 0 Å². The second-order valence-electron chi connectivity index (χ2n) is 11.1. The monoisotopic (exact) mass is 526 g/mol. The van der Waals surface area contributed by atoms with Crippen molar-refractivity contribution in [2.45, 2.75) is 64.3 Å². The third kappa shape index (κ3) is 5.66. The molecule has 1 fully saturated rings. The van der Waals surface area contributed by atoms with Crippen molar-refractivity contribution in [1.82, 2.24) is 20.0 Å². The fraction of sp³-hybridized carbons (Fsp3) is 0.464. The maximum atomic E-state index is 13.5. The molecule has 1 aliphatic carbocycles. The minimum atomic E-state index is -1.91. The van der Waals surface area contributed by atoms with E-state index < -0.39 is 35.6 Å². The highest BCUT2D eigenvalue weighted by Gasteiger charge is 2.53. The zero-order valence-corrected chi connectivity index (χ0v) is 22.4. The fourth-order valence-corrected chi connectivity index (χ4v) is 5.85. The summed E-state index contributed by atoms with van der Waals surface area (Å²) in [6.45, 7) is 8.29. The first-order valence-electron chi connectivity index (χ1n) is 12.5. The van der Waals surface area contributed by atoms with Gasteiger partial charge in [-0.2, -0.15) is 5.10 Å². The average molecular weight is 527 g/mol. The van der Waals surface area contributed by atoms with Gasteiger partial charge in [-0.15, -0.1) is 0 Å². The Hall–Kier alpha value is -2.94. The van der Waals surface area contributed by atoms with Crippen LogP contribution in [0.4, 0.5) is 0 Å². The molecule has 0 bridgehead atoms. The quantitative estimate of drug-likeness (QED) is 0.512. The van der Waals surface area contributed by atoms with E-state index in [0.29, 0.717) is 24.4 Å². The van der Waals surface area contributed by atoms with Gasteiger partial charge in [0.2, 0.25) is 0 Å². The van der Waals surface area contributed by atoms with Crippen LogP contribution in [0.2, 0.25) is 0 Å². The molecule has 1 aromatic carbocycles. The Morgan fingerprint density at radius 2 is 1.86 bits per heavy atom. The third-order valence-electron chi connectivity index (χ3n) is 7.48. The molecular formula is C28H35ClN4O4. The molecule has 1 saturated heterocycles. The number of aromatic nitrogens is 2. The maximum absolute atomic E-state index is 13.5. The number of carbonyl (C=O) groups excluding carboxylic acids is 2. The van der Waals surface area contributed by atoms with Crippen LogP contribution < -0.4 is 5.32 Å². The van der Waals surface area contributed by atoms with Gasteiger partial charge in [0.1, 0.15) is 0 Å². The van der Waals surface area contributed by atoms with Gasteiger partial charge in [-0.05, 0) is 61.9 Å². The number of amides is 2. The van der Waals surface area contributed by atoms with Crippen molar-refractivity contribution in [1.29, 1.82) is 0 Å². The number of nitrogens with zero attached hydrogens (tertiary/aromatic N) is 3. The van der Waals surface area contributed by atoms with E-state index >= 15 is 0 Å². The molecule has 1 aromatic heterocycles. The number of carbonyl (C=O) groups is 2. The van der Waals surface area contributed by atoms with Crippen molar-refractivity contribution in [3.63, 3.8) is 0 Å². The normalized spacial score (nSPS) is 25.3. The lowest BCUT2D eigenvalue weighted by Crippen LogP contribution is -2.57. The summed E-state index contributed by atoms with van der Waals surface area (Å²) >= 11 is 6.30. The number of likely N-dealkylation sites (tertiary alicyclic amines) is 1. The molecule has 4 rings (SSSR count). The molecular weight excluding hydrogens is 492 g/mol. The zero-order valence-electron chi connectivity index (χ0n) is 21.6. The summed E-state index contributed by atoms with van der Waals surface area (Å²) in [6.07, 6.45) is 6.77. The standard InChI is InChI=1S/C28H35ClN4O4/c1-18(19-9-11-22(12-10-19)33-14-6-13-30-33)31-25(36)23(34)24(35)26(37)32-17-27(2,3)16-28(32,4)20-7-5-8-21(29)15-20/h5-14,18,20,23-24,34-35H,15-17H2,1-4H3,(H,31,36)/t18-,20?,23-,24-,28+/m1/s1. The highest BCUT2D eigenvalue weighted by molar-refractivity contribution is 6.29. The highest BCUT2D eigenvalue weighted by Crippen LogP contribution is 2.48. The van der Waals surface area contributed by atoms with Crippen molar-refractivity contribution in [2.24, 2.45) is 11.3 Å². The summed E-state index contributed by atoms with van der Waals surface area (Å²) in [5.74, 6) is -1.52.